The third-order valence-electron chi connectivity index (χ3n) is 5.43. The number of allylic oxidation sites excluding steroid dienone is 1. The molecule has 1 N–H and O–H groups in total. The molecule has 166 valence electrons. The Morgan fingerprint density at radius 3 is 2.84 bits per heavy atom. The van der Waals surface area contributed by atoms with E-state index in [-0.39, 0.29) is 5.91 Å². The Hall–Kier alpha value is -3.00. The number of halogens is 1. The zero-order valence-corrected chi connectivity index (χ0v) is 18.8. The molecule has 0 fully saturated rings. The molecular weight excluding hydrogens is 425 g/mol. The smallest absolute Gasteiger partial charge is 0.233 e. The van der Waals surface area contributed by atoms with Crippen LogP contribution < -0.4 is 5.32 Å². The Balaban J connectivity index is 1.51. The highest BCUT2D eigenvalue weighted by Crippen LogP contribution is 2.31. The van der Waals surface area contributed by atoms with Gasteiger partial charge in [-0.1, -0.05) is 35.5 Å². The Bertz CT molecular complexity index is 1100. The number of rotatable bonds is 8. The molecule has 8 heteroatoms. The van der Waals surface area contributed by atoms with Gasteiger partial charge in [0.1, 0.15) is 5.82 Å². The highest BCUT2D eigenvalue weighted by molar-refractivity contribution is 8.00. The topological polar surface area (TPSA) is 72.7 Å². The van der Waals surface area contributed by atoms with Crippen LogP contribution in [-0.4, -0.2) is 37.5 Å². The molecule has 4 rings (SSSR count). The van der Waals surface area contributed by atoms with Crippen molar-refractivity contribution in [3.8, 4) is 17.1 Å². The minimum atomic E-state index is -0.410. The first-order valence-electron chi connectivity index (χ1n) is 10.9. The average Bonchev–Trinajstić information content (AvgIpc) is 3.23. The van der Waals surface area contributed by atoms with Gasteiger partial charge in [0, 0.05) is 24.5 Å². The summed E-state index contributed by atoms with van der Waals surface area (Å²) in [5.41, 5.74) is 2.47. The van der Waals surface area contributed by atoms with Crippen molar-refractivity contribution < 1.29 is 9.18 Å². The maximum atomic E-state index is 14.7. The van der Waals surface area contributed by atoms with E-state index in [0.29, 0.717) is 28.8 Å². The third-order valence-corrected chi connectivity index (χ3v) is 6.47. The molecular formula is C24H26FN5OS. The highest BCUT2D eigenvalue weighted by Gasteiger charge is 2.23. The molecule has 1 atom stereocenters. The molecule has 0 spiro atoms. The summed E-state index contributed by atoms with van der Waals surface area (Å²) < 4.78 is 16.3. The summed E-state index contributed by atoms with van der Waals surface area (Å²) in [5.74, 6) is 0.0112. The monoisotopic (exact) mass is 451 g/mol. The van der Waals surface area contributed by atoms with Gasteiger partial charge in [-0.25, -0.2) is 4.39 Å². The van der Waals surface area contributed by atoms with Gasteiger partial charge in [-0.2, -0.15) is 0 Å². The maximum absolute atomic E-state index is 14.7. The van der Waals surface area contributed by atoms with E-state index < -0.39 is 11.1 Å². The quantitative estimate of drug-likeness (QED) is 0.387. The number of hydrogen-bond acceptors (Lipinski definition) is 5. The van der Waals surface area contributed by atoms with Crippen LogP contribution in [0.4, 0.5) is 4.39 Å². The van der Waals surface area contributed by atoms with Gasteiger partial charge in [-0.3, -0.25) is 14.3 Å². The van der Waals surface area contributed by atoms with E-state index in [2.05, 4.69) is 26.6 Å². The molecule has 6 nitrogen and oxygen atoms in total. The van der Waals surface area contributed by atoms with Gasteiger partial charge in [-0.05, 0) is 63.3 Å². The molecule has 3 aromatic rings. The average molecular weight is 452 g/mol. The van der Waals surface area contributed by atoms with E-state index in [4.69, 9.17) is 0 Å². The minimum Gasteiger partial charge on any atom is -0.355 e. The molecule has 0 aliphatic heterocycles. The van der Waals surface area contributed by atoms with Crippen molar-refractivity contribution >= 4 is 17.7 Å². The van der Waals surface area contributed by atoms with Crippen molar-refractivity contribution in [1.82, 2.24) is 25.1 Å². The number of para-hydroxylation sites is 1. The van der Waals surface area contributed by atoms with Gasteiger partial charge in [0.15, 0.2) is 11.0 Å². The Morgan fingerprint density at radius 2 is 2.09 bits per heavy atom. The summed E-state index contributed by atoms with van der Waals surface area (Å²) in [6.45, 7) is 2.44. The van der Waals surface area contributed by atoms with E-state index >= 15 is 0 Å². The molecule has 0 unspecified atom stereocenters. The van der Waals surface area contributed by atoms with Crippen LogP contribution in [0.3, 0.4) is 0 Å². The molecule has 1 aliphatic rings. The van der Waals surface area contributed by atoms with Crippen molar-refractivity contribution in [2.45, 2.75) is 49.4 Å². The van der Waals surface area contributed by atoms with Gasteiger partial charge in [-0.15, -0.1) is 10.2 Å². The molecule has 1 aliphatic carbocycles. The van der Waals surface area contributed by atoms with Crippen molar-refractivity contribution in [3.05, 3.63) is 66.3 Å². The van der Waals surface area contributed by atoms with E-state index in [1.54, 1.807) is 41.2 Å². The summed E-state index contributed by atoms with van der Waals surface area (Å²) >= 11 is 1.26. The van der Waals surface area contributed by atoms with Crippen LogP contribution in [0.15, 0.2) is 65.6 Å². The normalized spacial score (nSPS) is 14.6. The first-order valence-corrected chi connectivity index (χ1v) is 11.7. The van der Waals surface area contributed by atoms with Crippen LogP contribution in [0.2, 0.25) is 0 Å². The molecule has 1 amide bonds. The molecule has 0 radical (unpaired) electrons. The number of carbonyl (C=O) groups excluding carboxylic acids is 1. The van der Waals surface area contributed by atoms with Crippen LogP contribution >= 0.6 is 11.8 Å². The first-order chi connectivity index (χ1) is 15.6. The Morgan fingerprint density at radius 1 is 1.22 bits per heavy atom. The molecule has 0 saturated carbocycles. The molecule has 1 aromatic carbocycles. The fourth-order valence-electron chi connectivity index (χ4n) is 3.71. The summed E-state index contributed by atoms with van der Waals surface area (Å²) in [6, 6.07) is 10.1. The van der Waals surface area contributed by atoms with Crippen molar-refractivity contribution in [1.29, 1.82) is 0 Å². The number of aromatic nitrogens is 4. The summed E-state index contributed by atoms with van der Waals surface area (Å²) in [7, 11) is 0. The highest BCUT2D eigenvalue weighted by atomic mass is 32.2. The second kappa shape index (κ2) is 10.5. The van der Waals surface area contributed by atoms with Crippen LogP contribution in [0.1, 0.15) is 39.0 Å². The second-order valence-corrected chi connectivity index (χ2v) is 9.05. The largest absolute Gasteiger partial charge is 0.355 e. The van der Waals surface area contributed by atoms with E-state index in [1.807, 2.05) is 13.0 Å². The van der Waals surface area contributed by atoms with Crippen LogP contribution in [-0.2, 0) is 4.79 Å². The second-order valence-electron chi connectivity index (χ2n) is 7.74. The van der Waals surface area contributed by atoms with Gasteiger partial charge >= 0.3 is 0 Å². The number of pyridine rings is 1. The number of nitrogens with zero attached hydrogens (tertiary/aromatic N) is 4. The minimum absolute atomic E-state index is 0.0718. The predicted octanol–water partition coefficient (Wildman–Crippen LogP) is 4.96. The lowest BCUT2D eigenvalue weighted by Gasteiger charge is -2.16. The number of nitrogens with one attached hydrogen (secondary N) is 1. The zero-order valence-electron chi connectivity index (χ0n) is 18.0. The Kier molecular flexibility index (Phi) is 7.32. The standard InChI is InChI=1S/C24H26FN5OS/c1-17(23(31)27-15-13-18-8-3-2-4-9-18)32-24-29-28-22(19-10-7-14-26-16-19)30(24)21-12-6-5-11-20(21)25/h5-8,10-12,14,16-17H,2-4,9,13,15H2,1H3,(H,27,31)/t17-/m1/s1. The van der Waals surface area contributed by atoms with Crippen molar-refractivity contribution in [3.63, 3.8) is 0 Å². The van der Waals surface area contributed by atoms with Gasteiger partial charge in [0.25, 0.3) is 0 Å². The van der Waals surface area contributed by atoms with E-state index in [1.165, 1.54) is 36.2 Å². The predicted molar refractivity (Wildman–Crippen MR) is 124 cm³/mol. The number of amides is 1. The number of benzene rings is 1. The number of thioether (sulfide) groups is 1. The Labute approximate surface area is 191 Å². The summed E-state index contributed by atoms with van der Waals surface area (Å²) in [4.78, 5) is 16.8. The van der Waals surface area contributed by atoms with Crippen molar-refractivity contribution in [2.75, 3.05) is 6.54 Å². The SMILES string of the molecule is C[C@@H](Sc1nnc(-c2cccnc2)n1-c1ccccc1F)C(=O)NCCC1=CCCCC1. The fourth-order valence-corrected chi connectivity index (χ4v) is 4.60. The van der Waals surface area contributed by atoms with Crippen LogP contribution in [0.25, 0.3) is 17.1 Å². The van der Waals surface area contributed by atoms with Crippen LogP contribution in [0, 0.1) is 5.82 Å². The fraction of sp³-hybridized carbons (Fsp3) is 0.333. The molecule has 0 saturated heterocycles. The van der Waals surface area contributed by atoms with Crippen molar-refractivity contribution in [2.24, 2.45) is 0 Å². The molecule has 2 aromatic heterocycles. The third kappa shape index (κ3) is 5.24. The number of carbonyl (C=O) groups is 1. The molecule has 0 bridgehead atoms. The lowest BCUT2D eigenvalue weighted by molar-refractivity contribution is -0.120. The van der Waals surface area contributed by atoms with Gasteiger partial charge in [0.05, 0.1) is 10.9 Å². The maximum Gasteiger partial charge on any atom is 0.233 e. The summed E-state index contributed by atoms with van der Waals surface area (Å²) in [6.07, 6.45) is 11.3. The summed E-state index contributed by atoms with van der Waals surface area (Å²) in [5, 5.41) is 11.6. The lowest BCUT2D eigenvalue weighted by atomic mass is 9.97. The molecule has 32 heavy (non-hydrogen) atoms. The lowest BCUT2D eigenvalue weighted by Crippen LogP contribution is -2.32. The van der Waals surface area contributed by atoms with Gasteiger partial charge < -0.3 is 5.32 Å². The van der Waals surface area contributed by atoms with E-state index in [9.17, 15) is 9.18 Å². The number of hydrogen-bond donors (Lipinski definition) is 1. The zero-order chi connectivity index (χ0) is 22.3. The first kappa shape index (κ1) is 22.2. The molecule has 2 heterocycles. The van der Waals surface area contributed by atoms with E-state index in [0.717, 1.165) is 19.3 Å². The van der Waals surface area contributed by atoms with Crippen LogP contribution in [0.5, 0.6) is 0 Å². The van der Waals surface area contributed by atoms with Gasteiger partial charge in [0.2, 0.25) is 5.91 Å².